The van der Waals surface area contributed by atoms with E-state index in [0.29, 0.717) is 23.8 Å². The summed E-state index contributed by atoms with van der Waals surface area (Å²) in [7, 11) is 0. The zero-order valence-corrected chi connectivity index (χ0v) is 25.5. The molecule has 1 amide bonds. The number of carboxylic acids is 1. The zero-order chi connectivity index (χ0) is 28.7. The van der Waals surface area contributed by atoms with E-state index < -0.39 is 12.0 Å². The number of hydrogen-bond donors (Lipinski definition) is 2. The van der Waals surface area contributed by atoms with Gasteiger partial charge in [0, 0.05) is 23.7 Å². The molecule has 0 saturated heterocycles. The minimum absolute atomic E-state index is 0.211. The van der Waals surface area contributed by atoms with Crippen LogP contribution in [0.3, 0.4) is 0 Å². The smallest absolute Gasteiger partial charge is 0.326 e. The summed E-state index contributed by atoms with van der Waals surface area (Å²) in [6, 6.07) is 13.7. The van der Waals surface area contributed by atoms with Crippen molar-refractivity contribution in [2.24, 2.45) is 0 Å². The summed E-state index contributed by atoms with van der Waals surface area (Å²) in [5, 5.41) is 12.5. The molecular formula is C34H46N2O3S. The Morgan fingerprint density at radius 2 is 1.85 bits per heavy atom. The number of aryl methyl sites for hydroxylation is 1. The number of allylic oxidation sites excluding steroid dienone is 1. The highest BCUT2D eigenvalue weighted by Gasteiger charge is 2.43. The maximum atomic E-state index is 13.5. The molecule has 1 saturated carbocycles. The molecule has 0 radical (unpaired) electrons. The quantitative estimate of drug-likeness (QED) is 0.246. The third-order valence-corrected chi connectivity index (χ3v) is 9.43. The number of thioether (sulfide) groups is 1. The van der Waals surface area contributed by atoms with Gasteiger partial charge in [-0.15, -0.1) is 0 Å². The summed E-state index contributed by atoms with van der Waals surface area (Å²) in [6.07, 6.45) is 14.8. The molecule has 2 aliphatic rings. The lowest BCUT2D eigenvalue weighted by atomic mass is 9.69. The topological polar surface area (TPSA) is 69.6 Å². The Labute approximate surface area is 244 Å². The second-order valence-electron chi connectivity index (χ2n) is 11.9. The van der Waals surface area contributed by atoms with Crippen molar-refractivity contribution in [2.45, 2.75) is 103 Å². The molecule has 0 bridgehead atoms. The third kappa shape index (κ3) is 7.19. The zero-order valence-electron chi connectivity index (χ0n) is 24.7. The summed E-state index contributed by atoms with van der Waals surface area (Å²) in [6.45, 7) is 7.50. The Hall–Kier alpha value is -2.57. The summed E-state index contributed by atoms with van der Waals surface area (Å²) < 4.78 is 0. The van der Waals surface area contributed by atoms with E-state index >= 15 is 0 Å². The lowest BCUT2D eigenvalue weighted by molar-refractivity contribution is -0.139. The van der Waals surface area contributed by atoms with Crippen molar-refractivity contribution in [1.82, 2.24) is 10.2 Å². The molecule has 5 nitrogen and oxygen atoms in total. The van der Waals surface area contributed by atoms with Crippen LogP contribution in [0.1, 0.15) is 93.1 Å². The molecule has 1 atom stereocenters. The van der Waals surface area contributed by atoms with E-state index in [1.165, 1.54) is 56.9 Å². The van der Waals surface area contributed by atoms with E-state index in [2.05, 4.69) is 61.3 Å². The van der Waals surface area contributed by atoms with Crippen LogP contribution < -0.4 is 5.32 Å². The molecule has 2 N–H and O–H groups in total. The molecule has 2 aliphatic carbocycles. The van der Waals surface area contributed by atoms with Crippen molar-refractivity contribution in [1.29, 1.82) is 0 Å². The van der Waals surface area contributed by atoms with Gasteiger partial charge in [0.15, 0.2) is 0 Å². The molecule has 216 valence electrons. The first-order chi connectivity index (χ1) is 19.2. The molecule has 4 rings (SSSR count). The van der Waals surface area contributed by atoms with E-state index in [0.717, 1.165) is 23.2 Å². The highest BCUT2D eigenvalue weighted by Crippen LogP contribution is 2.46. The number of nitrogens with zero attached hydrogens (tertiary/aromatic N) is 1. The Balaban J connectivity index is 1.66. The number of carbonyl (C=O) groups excluding carboxylic acids is 1. The van der Waals surface area contributed by atoms with Crippen LogP contribution in [0.15, 0.2) is 54.1 Å². The first kappa shape index (κ1) is 30.4. The summed E-state index contributed by atoms with van der Waals surface area (Å²) in [5.41, 5.74) is 6.52. The molecule has 2 aromatic carbocycles. The minimum atomic E-state index is -0.997. The molecule has 40 heavy (non-hydrogen) atoms. The number of amides is 1. The van der Waals surface area contributed by atoms with Gasteiger partial charge in [-0.2, -0.15) is 11.8 Å². The first-order valence-electron chi connectivity index (χ1n) is 14.9. The van der Waals surface area contributed by atoms with Crippen LogP contribution in [0.25, 0.3) is 11.1 Å². The van der Waals surface area contributed by atoms with Gasteiger partial charge in [0.1, 0.15) is 6.04 Å². The standard InChI is InChI=1S/C34H46N2O3S/c1-24(2)36(34(18-10-19-34)22-26-12-6-5-7-13-26)23-27-15-16-29(30(21-27)28-14-9-8-11-25(28)3)32(37)35-31(33(38)39)17-20-40-4/h8-9,11-12,14-16,21,24,31H,5-7,10,13,17-20,22-23H2,1-4H3,(H,35,37)(H,38,39)/t31-/m0/s1. The van der Waals surface area contributed by atoms with Crippen molar-refractivity contribution in [3.63, 3.8) is 0 Å². The Kier molecular flexibility index (Phi) is 10.5. The van der Waals surface area contributed by atoms with Crippen LogP contribution in [0, 0.1) is 6.92 Å². The summed E-state index contributed by atoms with van der Waals surface area (Å²) >= 11 is 1.58. The van der Waals surface area contributed by atoms with Crippen LogP contribution >= 0.6 is 11.8 Å². The fourth-order valence-electron chi connectivity index (χ4n) is 6.45. The fraction of sp³-hybridized carbons (Fsp3) is 0.529. The number of carbonyl (C=O) groups is 2. The lowest BCUT2D eigenvalue weighted by Gasteiger charge is -2.53. The van der Waals surface area contributed by atoms with Gasteiger partial charge >= 0.3 is 5.97 Å². The van der Waals surface area contributed by atoms with Gasteiger partial charge in [-0.25, -0.2) is 4.79 Å². The molecule has 2 aromatic rings. The van der Waals surface area contributed by atoms with Crippen LogP contribution in [0.5, 0.6) is 0 Å². The Morgan fingerprint density at radius 3 is 2.45 bits per heavy atom. The second-order valence-corrected chi connectivity index (χ2v) is 12.9. The minimum Gasteiger partial charge on any atom is -0.480 e. The molecule has 1 fully saturated rings. The van der Waals surface area contributed by atoms with Gasteiger partial charge in [-0.05, 0) is 125 Å². The van der Waals surface area contributed by atoms with Gasteiger partial charge < -0.3 is 10.4 Å². The Morgan fingerprint density at radius 1 is 1.07 bits per heavy atom. The van der Waals surface area contributed by atoms with Crippen molar-refractivity contribution >= 4 is 23.6 Å². The highest BCUT2D eigenvalue weighted by molar-refractivity contribution is 7.98. The number of benzene rings is 2. The summed E-state index contributed by atoms with van der Waals surface area (Å²) in [4.78, 5) is 28.1. The van der Waals surface area contributed by atoms with Gasteiger partial charge in [0.2, 0.25) is 0 Å². The van der Waals surface area contributed by atoms with Crippen LogP contribution in [0.2, 0.25) is 0 Å². The van der Waals surface area contributed by atoms with Crippen molar-refractivity contribution in [2.75, 3.05) is 12.0 Å². The van der Waals surface area contributed by atoms with Crippen LogP contribution in [0.4, 0.5) is 0 Å². The average Bonchev–Trinajstić information content (AvgIpc) is 2.92. The predicted molar refractivity (Wildman–Crippen MR) is 167 cm³/mol. The average molecular weight is 563 g/mol. The van der Waals surface area contributed by atoms with Gasteiger partial charge in [-0.3, -0.25) is 9.69 Å². The van der Waals surface area contributed by atoms with Crippen molar-refractivity contribution < 1.29 is 14.7 Å². The third-order valence-electron chi connectivity index (χ3n) is 8.79. The van der Waals surface area contributed by atoms with Crippen molar-refractivity contribution in [3.8, 4) is 11.1 Å². The monoisotopic (exact) mass is 562 g/mol. The normalized spacial score (nSPS) is 17.3. The van der Waals surface area contributed by atoms with Crippen LogP contribution in [-0.4, -0.2) is 51.5 Å². The maximum Gasteiger partial charge on any atom is 0.326 e. The van der Waals surface area contributed by atoms with E-state index in [4.69, 9.17) is 0 Å². The van der Waals surface area contributed by atoms with Gasteiger partial charge in [-0.1, -0.05) is 42.0 Å². The molecule has 0 spiro atoms. The predicted octanol–water partition coefficient (Wildman–Crippen LogP) is 7.62. The number of rotatable bonds is 13. The van der Waals surface area contributed by atoms with Crippen LogP contribution in [-0.2, 0) is 11.3 Å². The number of hydrogen-bond acceptors (Lipinski definition) is 4. The van der Waals surface area contributed by atoms with E-state index in [9.17, 15) is 14.7 Å². The van der Waals surface area contributed by atoms with Gasteiger partial charge in [0.25, 0.3) is 5.91 Å². The number of carboxylic acid groups (broad SMARTS) is 1. The van der Waals surface area contributed by atoms with E-state index in [-0.39, 0.29) is 11.4 Å². The fourth-order valence-corrected chi connectivity index (χ4v) is 6.92. The second kappa shape index (κ2) is 13.9. The number of nitrogens with one attached hydrogen (secondary N) is 1. The molecular weight excluding hydrogens is 516 g/mol. The molecule has 6 heteroatoms. The molecule has 0 aromatic heterocycles. The van der Waals surface area contributed by atoms with E-state index in [1.54, 1.807) is 17.3 Å². The van der Waals surface area contributed by atoms with E-state index in [1.807, 2.05) is 24.5 Å². The first-order valence-corrected chi connectivity index (χ1v) is 16.3. The Bertz CT molecular complexity index is 1220. The summed E-state index contributed by atoms with van der Waals surface area (Å²) in [5.74, 6) is -0.661. The molecule has 0 aliphatic heterocycles. The SMILES string of the molecule is CSCC[C@H](NC(=O)c1ccc(CN(C(C)C)C2(CC3=CCCCC3)CCC2)cc1-c1ccccc1C)C(=O)O. The van der Waals surface area contributed by atoms with Crippen molar-refractivity contribution in [3.05, 3.63) is 70.8 Å². The van der Waals surface area contributed by atoms with Gasteiger partial charge in [0.05, 0.1) is 0 Å². The molecule has 0 unspecified atom stereocenters. The number of aliphatic carboxylic acids is 1. The largest absolute Gasteiger partial charge is 0.480 e. The maximum absolute atomic E-state index is 13.5. The highest BCUT2D eigenvalue weighted by atomic mass is 32.2. The lowest BCUT2D eigenvalue weighted by Crippen LogP contribution is -2.56. The molecule has 0 heterocycles.